The Balaban J connectivity index is 1.21. The van der Waals surface area contributed by atoms with E-state index in [1.165, 1.54) is 6.42 Å². The van der Waals surface area contributed by atoms with Crippen molar-refractivity contribution in [1.29, 1.82) is 0 Å². The molecule has 1 aromatic carbocycles. The van der Waals surface area contributed by atoms with Crippen LogP contribution in [0.15, 0.2) is 36.7 Å². The molecule has 2 fully saturated rings. The lowest BCUT2D eigenvalue weighted by molar-refractivity contribution is 0.0656. The van der Waals surface area contributed by atoms with Gasteiger partial charge in [-0.05, 0) is 54.9 Å². The van der Waals surface area contributed by atoms with Gasteiger partial charge >= 0.3 is 0 Å². The SMILES string of the molecule is CN(c1cnc(-c2ccc(-c3cnc4c(c3)OCCO4)cc2O)nn1)[C@H]1C[C@@H]2CCC[C@@H](C2)[C@H]1F. The smallest absolute Gasteiger partial charge is 0.257 e. The summed E-state index contributed by atoms with van der Waals surface area (Å²) in [5.41, 5.74) is 2.04. The second-order valence-corrected chi connectivity index (χ2v) is 9.75. The molecule has 0 amide bonds. The Morgan fingerprint density at radius 3 is 2.71 bits per heavy atom. The van der Waals surface area contributed by atoms with Crippen LogP contribution < -0.4 is 14.4 Å². The fraction of sp³-hybridized carbons (Fsp3) is 0.462. The third kappa shape index (κ3) is 4.13. The van der Waals surface area contributed by atoms with Crippen molar-refractivity contribution in [3.63, 3.8) is 0 Å². The van der Waals surface area contributed by atoms with Crippen LogP contribution in [-0.4, -0.2) is 57.7 Å². The number of rotatable bonds is 4. The van der Waals surface area contributed by atoms with Crippen LogP contribution in [0.3, 0.4) is 0 Å². The summed E-state index contributed by atoms with van der Waals surface area (Å²) in [5.74, 6) is 2.68. The highest BCUT2D eigenvalue weighted by atomic mass is 19.1. The summed E-state index contributed by atoms with van der Waals surface area (Å²) in [7, 11) is 1.87. The van der Waals surface area contributed by atoms with E-state index in [2.05, 4.69) is 20.2 Å². The maximum absolute atomic E-state index is 15.2. The van der Waals surface area contributed by atoms with Gasteiger partial charge in [0.1, 0.15) is 25.1 Å². The van der Waals surface area contributed by atoms with E-state index in [1.54, 1.807) is 24.5 Å². The normalized spacial score (nSPS) is 25.2. The van der Waals surface area contributed by atoms with E-state index in [1.807, 2.05) is 24.1 Å². The first-order chi connectivity index (χ1) is 17.1. The molecule has 3 aromatic rings. The molecule has 3 aliphatic rings. The van der Waals surface area contributed by atoms with Gasteiger partial charge in [0, 0.05) is 18.8 Å². The Bertz CT molecular complexity index is 1220. The zero-order chi connectivity index (χ0) is 23.9. The number of benzene rings is 1. The molecule has 6 rings (SSSR count). The number of pyridine rings is 1. The first-order valence-electron chi connectivity index (χ1n) is 12.2. The molecule has 182 valence electrons. The molecule has 0 unspecified atom stereocenters. The molecule has 3 heterocycles. The Morgan fingerprint density at radius 2 is 1.89 bits per heavy atom. The Labute approximate surface area is 203 Å². The summed E-state index contributed by atoms with van der Waals surface area (Å²) < 4.78 is 26.2. The predicted molar refractivity (Wildman–Crippen MR) is 128 cm³/mol. The molecule has 8 nitrogen and oxygen atoms in total. The number of aromatic hydroxyl groups is 1. The molecule has 0 saturated heterocycles. The molecule has 0 radical (unpaired) electrons. The minimum Gasteiger partial charge on any atom is -0.507 e. The highest BCUT2D eigenvalue weighted by Crippen LogP contribution is 2.43. The summed E-state index contributed by atoms with van der Waals surface area (Å²) in [6.45, 7) is 0.958. The van der Waals surface area contributed by atoms with Crippen molar-refractivity contribution in [2.45, 2.75) is 44.3 Å². The Kier molecular flexibility index (Phi) is 5.62. The quantitative estimate of drug-likeness (QED) is 0.590. The summed E-state index contributed by atoms with van der Waals surface area (Å²) in [5, 5.41) is 19.3. The van der Waals surface area contributed by atoms with Crippen molar-refractivity contribution in [2.75, 3.05) is 25.2 Å². The number of nitrogens with zero attached hydrogens (tertiary/aromatic N) is 5. The maximum atomic E-state index is 15.2. The first-order valence-corrected chi connectivity index (χ1v) is 12.2. The topological polar surface area (TPSA) is 93.5 Å². The number of hydrogen-bond donors (Lipinski definition) is 1. The van der Waals surface area contributed by atoms with E-state index < -0.39 is 6.17 Å². The zero-order valence-corrected chi connectivity index (χ0v) is 19.6. The van der Waals surface area contributed by atoms with Gasteiger partial charge in [-0.15, -0.1) is 10.2 Å². The minimum absolute atomic E-state index is 0.0317. The van der Waals surface area contributed by atoms with E-state index >= 15 is 4.39 Å². The molecular weight excluding hydrogens is 449 g/mol. The predicted octanol–water partition coefficient (Wildman–Crippen LogP) is 4.43. The highest BCUT2D eigenvalue weighted by Gasteiger charge is 2.42. The molecule has 1 aliphatic heterocycles. The van der Waals surface area contributed by atoms with E-state index in [9.17, 15) is 5.11 Å². The average Bonchev–Trinajstić information content (AvgIpc) is 2.90. The number of halogens is 1. The fourth-order valence-electron chi connectivity index (χ4n) is 5.71. The van der Waals surface area contributed by atoms with Crippen LogP contribution in [0, 0.1) is 11.8 Å². The molecule has 4 atom stereocenters. The third-order valence-electron chi connectivity index (χ3n) is 7.59. The lowest BCUT2D eigenvalue weighted by Crippen LogP contribution is -2.49. The average molecular weight is 478 g/mol. The summed E-state index contributed by atoms with van der Waals surface area (Å²) >= 11 is 0. The van der Waals surface area contributed by atoms with Crippen LogP contribution in [0.5, 0.6) is 17.4 Å². The number of alkyl halides is 1. The highest BCUT2D eigenvalue weighted by molar-refractivity contribution is 5.73. The first kappa shape index (κ1) is 22.0. The van der Waals surface area contributed by atoms with Crippen molar-refractivity contribution in [2.24, 2.45) is 11.8 Å². The molecule has 0 spiro atoms. The molecular formula is C26H28FN5O3. The number of ether oxygens (including phenoxy) is 2. The number of fused-ring (bicyclic) bond motifs is 3. The van der Waals surface area contributed by atoms with Gasteiger partial charge in [0.25, 0.3) is 5.88 Å². The molecule has 2 saturated carbocycles. The Hall–Kier alpha value is -3.49. The molecule has 2 bridgehead atoms. The number of hydrogen-bond acceptors (Lipinski definition) is 8. The number of phenolic OH excluding ortho intramolecular Hbond substituents is 1. The summed E-state index contributed by atoms with van der Waals surface area (Å²) in [6, 6.07) is 6.89. The summed E-state index contributed by atoms with van der Waals surface area (Å²) in [4.78, 5) is 10.6. The van der Waals surface area contributed by atoms with E-state index in [0.717, 1.165) is 36.8 Å². The Morgan fingerprint density at radius 1 is 1.00 bits per heavy atom. The van der Waals surface area contributed by atoms with Gasteiger partial charge < -0.3 is 19.5 Å². The maximum Gasteiger partial charge on any atom is 0.257 e. The van der Waals surface area contributed by atoms with Gasteiger partial charge in [0.2, 0.25) is 0 Å². The van der Waals surface area contributed by atoms with Gasteiger partial charge in [-0.2, -0.15) is 0 Å². The molecule has 2 aliphatic carbocycles. The van der Waals surface area contributed by atoms with Gasteiger partial charge in [0.05, 0.1) is 17.8 Å². The molecule has 1 N–H and O–H groups in total. The van der Waals surface area contributed by atoms with Crippen LogP contribution in [0.2, 0.25) is 0 Å². The largest absolute Gasteiger partial charge is 0.507 e. The zero-order valence-electron chi connectivity index (χ0n) is 19.6. The monoisotopic (exact) mass is 477 g/mol. The van der Waals surface area contributed by atoms with Crippen molar-refractivity contribution in [3.05, 3.63) is 36.7 Å². The number of phenols is 1. The van der Waals surface area contributed by atoms with Gasteiger partial charge in [-0.1, -0.05) is 18.9 Å². The summed E-state index contributed by atoms with van der Waals surface area (Å²) in [6.07, 6.45) is 7.58. The lowest BCUT2D eigenvalue weighted by atomic mass is 9.69. The molecule has 35 heavy (non-hydrogen) atoms. The van der Waals surface area contributed by atoms with E-state index in [4.69, 9.17) is 9.47 Å². The van der Waals surface area contributed by atoms with Crippen LogP contribution in [0.4, 0.5) is 10.2 Å². The van der Waals surface area contributed by atoms with Crippen molar-refractivity contribution in [3.8, 4) is 39.9 Å². The fourth-order valence-corrected chi connectivity index (χ4v) is 5.71. The van der Waals surface area contributed by atoms with Gasteiger partial charge in [-0.3, -0.25) is 0 Å². The van der Waals surface area contributed by atoms with Gasteiger partial charge in [-0.25, -0.2) is 14.4 Å². The van der Waals surface area contributed by atoms with Crippen LogP contribution in [0.25, 0.3) is 22.5 Å². The van der Waals surface area contributed by atoms with Crippen LogP contribution in [-0.2, 0) is 0 Å². The number of aromatic nitrogens is 4. The van der Waals surface area contributed by atoms with Crippen LogP contribution in [0.1, 0.15) is 32.1 Å². The second kappa shape index (κ2) is 8.94. The molecule has 2 aromatic heterocycles. The second-order valence-electron chi connectivity index (χ2n) is 9.75. The third-order valence-corrected chi connectivity index (χ3v) is 7.59. The van der Waals surface area contributed by atoms with Crippen LogP contribution >= 0.6 is 0 Å². The van der Waals surface area contributed by atoms with Crippen molar-refractivity contribution < 1.29 is 19.0 Å². The minimum atomic E-state index is -0.857. The molecule has 9 heteroatoms. The lowest BCUT2D eigenvalue weighted by Gasteiger charge is -2.45. The number of anilines is 1. The van der Waals surface area contributed by atoms with E-state index in [0.29, 0.717) is 48.0 Å². The van der Waals surface area contributed by atoms with Crippen molar-refractivity contribution in [1.82, 2.24) is 20.2 Å². The van der Waals surface area contributed by atoms with Gasteiger partial charge in [0.15, 0.2) is 17.4 Å². The van der Waals surface area contributed by atoms with E-state index in [-0.39, 0.29) is 17.7 Å². The van der Waals surface area contributed by atoms with Crippen molar-refractivity contribution >= 4 is 5.82 Å². The standard InChI is InChI=1S/C26H28FN5O3/c1-32(20-10-15-3-2-4-17(9-15)24(20)27)23-14-28-25(31-30-23)19-6-5-16(11-21(19)33)18-12-22-26(29-13-18)35-8-7-34-22/h5-6,11-15,17,20,24,33H,2-4,7-10H2,1H3/t15-,17+,20+,24-/m1/s1.